The Morgan fingerprint density at radius 1 is 1.10 bits per heavy atom. The molecule has 3 aromatic rings. The van der Waals surface area contributed by atoms with Gasteiger partial charge in [-0.05, 0) is 70.3 Å². The van der Waals surface area contributed by atoms with Crippen LogP contribution in [-0.4, -0.2) is 41.4 Å². The predicted octanol–water partition coefficient (Wildman–Crippen LogP) is 4.74. The van der Waals surface area contributed by atoms with Crippen LogP contribution in [0.2, 0.25) is 0 Å². The number of methoxy groups -OCH3 is 1. The van der Waals surface area contributed by atoms with E-state index in [1.807, 2.05) is 24.3 Å². The molecule has 0 saturated carbocycles. The molecule has 8 heteroatoms. The Labute approximate surface area is 190 Å². The maximum absolute atomic E-state index is 5.94. The number of hydrogen-bond donors (Lipinski definition) is 0. The van der Waals surface area contributed by atoms with Crippen LogP contribution in [0.25, 0.3) is 0 Å². The van der Waals surface area contributed by atoms with Crippen molar-refractivity contribution in [1.29, 1.82) is 0 Å². The van der Waals surface area contributed by atoms with Crippen molar-refractivity contribution < 1.29 is 14.2 Å². The second kappa shape index (κ2) is 11.0. The molecule has 0 saturated heterocycles. The van der Waals surface area contributed by atoms with Gasteiger partial charge in [0.05, 0.1) is 16.9 Å². The first-order valence-corrected chi connectivity index (χ1v) is 10.8. The van der Waals surface area contributed by atoms with Gasteiger partial charge in [-0.2, -0.15) is 5.10 Å². The Balaban J connectivity index is 1.57. The van der Waals surface area contributed by atoms with Crippen LogP contribution in [0.15, 0.2) is 54.2 Å². The summed E-state index contributed by atoms with van der Waals surface area (Å²) in [6.07, 6.45) is 5.88. The normalized spacial score (nSPS) is 12.1. The zero-order valence-corrected chi connectivity index (χ0v) is 19.4. The smallest absolute Gasteiger partial charge is 0.174 e. The fourth-order valence-electron chi connectivity index (χ4n) is 2.77. The molecule has 0 radical (unpaired) electrons. The van der Waals surface area contributed by atoms with Gasteiger partial charge >= 0.3 is 0 Å². The molecule has 0 fully saturated rings. The van der Waals surface area contributed by atoms with Crippen LogP contribution in [0, 0.1) is 3.57 Å². The molecule has 2 aromatic carbocycles. The van der Waals surface area contributed by atoms with E-state index in [4.69, 9.17) is 14.2 Å². The molecule has 158 valence electrons. The molecule has 30 heavy (non-hydrogen) atoms. The highest BCUT2D eigenvalue weighted by Gasteiger charge is 2.11. The SMILES string of the molecule is CCC(C)c1ccc(OCCOc2c(I)cc(C=Nn3cnnc3)cc2OC)cc1. The van der Waals surface area contributed by atoms with Crippen molar-refractivity contribution in [3.05, 3.63) is 63.7 Å². The Hall–Kier alpha value is -2.62. The van der Waals surface area contributed by atoms with Crippen LogP contribution in [0.1, 0.15) is 37.3 Å². The molecule has 0 aliphatic carbocycles. The molecule has 1 heterocycles. The van der Waals surface area contributed by atoms with Crippen molar-refractivity contribution in [1.82, 2.24) is 14.9 Å². The van der Waals surface area contributed by atoms with Gasteiger partial charge in [0.2, 0.25) is 0 Å². The van der Waals surface area contributed by atoms with Gasteiger partial charge in [-0.15, -0.1) is 10.2 Å². The predicted molar refractivity (Wildman–Crippen MR) is 125 cm³/mol. The minimum absolute atomic E-state index is 0.410. The second-order valence-electron chi connectivity index (χ2n) is 6.70. The van der Waals surface area contributed by atoms with Crippen LogP contribution in [0.3, 0.4) is 0 Å². The van der Waals surface area contributed by atoms with Gasteiger partial charge in [-0.25, -0.2) is 4.68 Å². The van der Waals surface area contributed by atoms with Crippen LogP contribution >= 0.6 is 22.6 Å². The van der Waals surface area contributed by atoms with E-state index in [2.05, 4.69) is 63.9 Å². The fourth-order valence-corrected chi connectivity index (χ4v) is 3.56. The molecular weight excluding hydrogens is 495 g/mol. The summed E-state index contributed by atoms with van der Waals surface area (Å²) in [7, 11) is 1.62. The molecule has 1 atom stereocenters. The first kappa shape index (κ1) is 22.1. The second-order valence-corrected chi connectivity index (χ2v) is 7.86. The van der Waals surface area contributed by atoms with E-state index in [-0.39, 0.29) is 0 Å². The summed E-state index contributed by atoms with van der Waals surface area (Å²) in [5.41, 5.74) is 2.21. The molecule has 0 aliphatic heterocycles. The third kappa shape index (κ3) is 5.94. The quantitative estimate of drug-likeness (QED) is 0.219. The third-order valence-corrected chi connectivity index (χ3v) is 5.46. The lowest BCUT2D eigenvalue weighted by atomic mass is 9.99. The van der Waals surface area contributed by atoms with Crippen molar-refractivity contribution in [3.8, 4) is 17.2 Å². The van der Waals surface area contributed by atoms with E-state index in [9.17, 15) is 0 Å². The minimum atomic E-state index is 0.410. The number of rotatable bonds is 10. The number of benzene rings is 2. The monoisotopic (exact) mass is 520 g/mol. The lowest BCUT2D eigenvalue weighted by Crippen LogP contribution is -2.10. The largest absolute Gasteiger partial charge is 0.493 e. The zero-order chi connectivity index (χ0) is 21.3. The van der Waals surface area contributed by atoms with Gasteiger partial charge in [-0.1, -0.05) is 26.0 Å². The lowest BCUT2D eigenvalue weighted by Gasteiger charge is -2.14. The number of nitrogens with zero attached hydrogens (tertiary/aromatic N) is 4. The summed E-state index contributed by atoms with van der Waals surface area (Å²) in [4.78, 5) is 0. The van der Waals surface area contributed by atoms with Crippen molar-refractivity contribution in [3.63, 3.8) is 0 Å². The highest BCUT2D eigenvalue weighted by molar-refractivity contribution is 14.1. The van der Waals surface area contributed by atoms with Crippen molar-refractivity contribution in [2.45, 2.75) is 26.2 Å². The fraction of sp³-hybridized carbons (Fsp3) is 0.318. The molecular formula is C22H25IN4O3. The van der Waals surface area contributed by atoms with Crippen LogP contribution in [0.5, 0.6) is 17.2 Å². The van der Waals surface area contributed by atoms with Crippen LogP contribution in [0.4, 0.5) is 0 Å². The molecule has 0 amide bonds. The molecule has 0 N–H and O–H groups in total. The Morgan fingerprint density at radius 3 is 2.47 bits per heavy atom. The summed E-state index contributed by atoms with van der Waals surface area (Å²) in [5, 5.41) is 11.7. The summed E-state index contributed by atoms with van der Waals surface area (Å²) < 4.78 is 19.7. The average molecular weight is 520 g/mol. The first-order valence-electron chi connectivity index (χ1n) is 9.72. The molecule has 1 unspecified atom stereocenters. The Kier molecular flexibility index (Phi) is 8.06. The lowest BCUT2D eigenvalue weighted by molar-refractivity contribution is 0.210. The van der Waals surface area contributed by atoms with Gasteiger partial charge in [0.15, 0.2) is 11.5 Å². The maximum Gasteiger partial charge on any atom is 0.174 e. The molecule has 0 spiro atoms. The van der Waals surface area contributed by atoms with Gasteiger partial charge in [0, 0.05) is 0 Å². The molecule has 3 rings (SSSR count). The van der Waals surface area contributed by atoms with E-state index >= 15 is 0 Å². The highest BCUT2D eigenvalue weighted by Crippen LogP contribution is 2.33. The number of aromatic nitrogens is 3. The molecule has 1 aromatic heterocycles. The zero-order valence-electron chi connectivity index (χ0n) is 17.3. The first-order chi connectivity index (χ1) is 14.6. The number of hydrogen-bond acceptors (Lipinski definition) is 6. The molecule has 0 aliphatic rings. The van der Waals surface area contributed by atoms with Gasteiger partial charge in [0.1, 0.15) is 31.6 Å². The summed E-state index contributed by atoms with van der Waals surface area (Å²) in [5.74, 6) is 2.73. The van der Waals surface area contributed by atoms with Gasteiger partial charge < -0.3 is 14.2 Å². The van der Waals surface area contributed by atoms with Crippen LogP contribution < -0.4 is 14.2 Å². The third-order valence-electron chi connectivity index (χ3n) is 4.66. The highest BCUT2D eigenvalue weighted by atomic mass is 127. The van der Waals surface area contributed by atoms with E-state index in [1.54, 1.807) is 13.3 Å². The average Bonchev–Trinajstić information content (AvgIpc) is 3.29. The van der Waals surface area contributed by atoms with Crippen LogP contribution in [-0.2, 0) is 0 Å². The van der Waals surface area contributed by atoms with Crippen molar-refractivity contribution in [2.24, 2.45) is 5.10 Å². The van der Waals surface area contributed by atoms with Crippen molar-refractivity contribution in [2.75, 3.05) is 20.3 Å². The molecule has 7 nitrogen and oxygen atoms in total. The molecule has 0 bridgehead atoms. The standard InChI is InChI=1S/C22H25IN4O3/c1-4-16(2)18-5-7-19(8-6-18)29-9-10-30-22-20(23)11-17(12-21(22)28-3)13-26-27-14-24-25-15-27/h5-8,11-16H,4,9-10H2,1-3H3. The maximum atomic E-state index is 5.94. The minimum Gasteiger partial charge on any atom is -0.493 e. The summed E-state index contributed by atoms with van der Waals surface area (Å²) in [6, 6.07) is 12.1. The Bertz CT molecular complexity index is 959. The van der Waals surface area contributed by atoms with Crippen molar-refractivity contribution >= 4 is 28.8 Å². The van der Waals surface area contributed by atoms with E-state index < -0.39 is 0 Å². The van der Waals surface area contributed by atoms with Gasteiger partial charge in [-0.3, -0.25) is 0 Å². The topological polar surface area (TPSA) is 70.8 Å². The Morgan fingerprint density at radius 2 is 1.80 bits per heavy atom. The van der Waals surface area contributed by atoms with E-state index in [0.29, 0.717) is 30.6 Å². The van der Waals surface area contributed by atoms with E-state index in [1.165, 1.54) is 22.9 Å². The van der Waals surface area contributed by atoms with E-state index in [0.717, 1.165) is 21.3 Å². The van der Waals surface area contributed by atoms with Gasteiger partial charge in [0.25, 0.3) is 0 Å². The number of ether oxygens (including phenoxy) is 3. The summed E-state index contributed by atoms with van der Waals surface area (Å²) in [6.45, 7) is 5.27. The summed E-state index contributed by atoms with van der Waals surface area (Å²) >= 11 is 2.23. The number of halogens is 1.